The summed E-state index contributed by atoms with van der Waals surface area (Å²) in [6.07, 6.45) is 5.24. The summed E-state index contributed by atoms with van der Waals surface area (Å²) in [4.78, 5) is 32.5. The van der Waals surface area contributed by atoms with Crippen LogP contribution in [0.1, 0.15) is 36.5 Å². The van der Waals surface area contributed by atoms with Crippen LogP contribution in [0.15, 0.2) is 53.6 Å². The van der Waals surface area contributed by atoms with Gasteiger partial charge in [-0.25, -0.2) is 4.98 Å². The standard InChI is InChI=1S/C24H27N3O2/c1-3-13-27(20-12-11-18-8-4-5-9-19(18)14-20)22(28)15-26-16-25-23-17(2)7-6-10-21(23)24(26)29/h4-10,16,20H,3,11-15H2,1-2H3. The molecule has 1 aromatic heterocycles. The summed E-state index contributed by atoms with van der Waals surface area (Å²) in [7, 11) is 0. The minimum absolute atomic E-state index is 0.00728. The fourth-order valence-corrected chi connectivity index (χ4v) is 4.38. The molecule has 0 aliphatic heterocycles. The van der Waals surface area contributed by atoms with Crippen molar-refractivity contribution < 1.29 is 4.79 Å². The van der Waals surface area contributed by atoms with Gasteiger partial charge in [-0.1, -0.05) is 43.3 Å². The highest BCUT2D eigenvalue weighted by Gasteiger charge is 2.27. The Bertz CT molecular complexity index is 1100. The molecule has 1 aliphatic rings. The normalized spacial score (nSPS) is 15.9. The lowest BCUT2D eigenvalue weighted by Gasteiger charge is -2.35. The zero-order valence-corrected chi connectivity index (χ0v) is 17.1. The summed E-state index contributed by atoms with van der Waals surface area (Å²) in [5, 5.41) is 0.564. The SMILES string of the molecule is CCCN(C(=O)Cn1cnc2c(C)cccc2c1=O)C1CCc2ccccc2C1. The maximum atomic E-state index is 13.2. The van der Waals surface area contributed by atoms with E-state index in [0.717, 1.165) is 31.2 Å². The molecule has 0 radical (unpaired) electrons. The van der Waals surface area contributed by atoms with Gasteiger partial charge in [-0.05, 0) is 55.4 Å². The summed E-state index contributed by atoms with van der Waals surface area (Å²) in [6.45, 7) is 4.77. The number of aromatic nitrogens is 2. The van der Waals surface area contributed by atoms with Crippen molar-refractivity contribution in [3.8, 4) is 0 Å². The molecule has 150 valence electrons. The van der Waals surface area contributed by atoms with E-state index in [0.29, 0.717) is 17.4 Å². The predicted molar refractivity (Wildman–Crippen MR) is 115 cm³/mol. The quantitative estimate of drug-likeness (QED) is 0.671. The van der Waals surface area contributed by atoms with Crippen LogP contribution in [0.5, 0.6) is 0 Å². The van der Waals surface area contributed by atoms with Crippen LogP contribution < -0.4 is 5.56 Å². The van der Waals surface area contributed by atoms with Crippen molar-refractivity contribution in [2.75, 3.05) is 6.54 Å². The fourth-order valence-electron chi connectivity index (χ4n) is 4.38. The van der Waals surface area contributed by atoms with E-state index in [9.17, 15) is 9.59 Å². The van der Waals surface area contributed by atoms with E-state index in [2.05, 4.69) is 36.2 Å². The zero-order chi connectivity index (χ0) is 20.4. The van der Waals surface area contributed by atoms with Gasteiger partial charge in [0.1, 0.15) is 6.54 Å². The molecule has 5 nitrogen and oxygen atoms in total. The first-order valence-electron chi connectivity index (χ1n) is 10.4. The molecule has 1 atom stereocenters. The molecular weight excluding hydrogens is 362 g/mol. The van der Waals surface area contributed by atoms with Gasteiger partial charge >= 0.3 is 0 Å². The molecule has 1 unspecified atom stereocenters. The number of nitrogens with zero attached hydrogens (tertiary/aromatic N) is 3. The Balaban J connectivity index is 1.58. The Hall–Kier alpha value is -2.95. The minimum atomic E-state index is -0.155. The van der Waals surface area contributed by atoms with Crippen molar-refractivity contribution in [1.82, 2.24) is 14.5 Å². The third-order valence-corrected chi connectivity index (χ3v) is 5.91. The van der Waals surface area contributed by atoms with Crippen LogP contribution in [-0.4, -0.2) is 32.9 Å². The molecular formula is C24H27N3O2. The van der Waals surface area contributed by atoms with Crippen molar-refractivity contribution in [2.45, 2.75) is 52.1 Å². The van der Waals surface area contributed by atoms with Crippen LogP contribution in [0.2, 0.25) is 0 Å². The van der Waals surface area contributed by atoms with E-state index < -0.39 is 0 Å². The highest BCUT2D eigenvalue weighted by atomic mass is 16.2. The Morgan fingerprint density at radius 3 is 2.76 bits per heavy atom. The van der Waals surface area contributed by atoms with E-state index in [1.807, 2.05) is 24.0 Å². The van der Waals surface area contributed by atoms with E-state index in [-0.39, 0.29) is 24.1 Å². The average molecular weight is 389 g/mol. The Morgan fingerprint density at radius 1 is 1.17 bits per heavy atom. The predicted octanol–water partition coefficient (Wildman–Crippen LogP) is 3.50. The second kappa shape index (κ2) is 8.19. The number of amides is 1. The molecule has 0 saturated heterocycles. The second-order valence-electron chi connectivity index (χ2n) is 7.90. The number of para-hydroxylation sites is 1. The molecule has 1 heterocycles. The van der Waals surface area contributed by atoms with Gasteiger partial charge in [0.15, 0.2) is 0 Å². The molecule has 1 amide bonds. The third kappa shape index (κ3) is 3.82. The van der Waals surface area contributed by atoms with Gasteiger partial charge in [0.25, 0.3) is 5.56 Å². The number of fused-ring (bicyclic) bond motifs is 2. The lowest BCUT2D eigenvalue weighted by atomic mass is 9.87. The van der Waals surface area contributed by atoms with E-state index in [1.165, 1.54) is 22.0 Å². The summed E-state index contributed by atoms with van der Waals surface area (Å²) < 4.78 is 1.45. The molecule has 0 fully saturated rings. The van der Waals surface area contributed by atoms with Crippen LogP contribution >= 0.6 is 0 Å². The van der Waals surface area contributed by atoms with Crippen LogP contribution in [0, 0.1) is 6.92 Å². The van der Waals surface area contributed by atoms with Gasteiger partial charge in [-0.15, -0.1) is 0 Å². The van der Waals surface area contributed by atoms with Crippen LogP contribution in [-0.2, 0) is 24.2 Å². The van der Waals surface area contributed by atoms with Gasteiger partial charge < -0.3 is 4.90 Å². The molecule has 0 saturated carbocycles. The average Bonchev–Trinajstić information content (AvgIpc) is 2.74. The van der Waals surface area contributed by atoms with Crippen molar-refractivity contribution >= 4 is 16.8 Å². The highest BCUT2D eigenvalue weighted by molar-refractivity contribution is 5.81. The third-order valence-electron chi connectivity index (χ3n) is 5.91. The van der Waals surface area contributed by atoms with Crippen LogP contribution in [0.4, 0.5) is 0 Å². The second-order valence-corrected chi connectivity index (χ2v) is 7.90. The van der Waals surface area contributed by atoms with Crippen LogP contribution in [0.3, 0.4) is 0 Å². The molecule has 0 spiro atoms. The minimum Gasteiger partial charge on any atom is -0.338 e. The number of carbonyl (C=O) groups is 1. The van der Waals surface area contributed by atoms with Crippen molar-refractivity contribution in [3.63, 3.8) is 0 Å². The maximum Gasteiger partial charge on any atom is 0.261 e. The first kappa shape index (κ1) is 19.4. The van der Waals surface area contributed by atoms with Crippen molar-refractivity contribution in [3.05, 3.63) is 75.8 Å². The molecule has 0 bridgehead atoms. The molecule has 0 N–H and O–H groups in total. The number of rotatable bonds is 5. The van der Waals surface area contributed by atoms with Gasteiger partial charge in [0.2, 0.25) is 5.91 Å². The molecule has 29 heavy (non-hydrogen) atoms. The van der Waals surface area contributed by atoms with Gasteiger partial charge in [-0.2, -0.15) is 0 Å². The highest BCUT2D eigenvalue weighted by Crippen LogP contribution is 2.25. The van der Waals surface area contributed by atoms with E-state index in [4.69, 9.17) is 0 Å². The number of benzene rings is 2. The summed E-state index contributed by atoms with van der Waals surface area (Å²) in [5.41, 5.74) is 4.23. The Labute approximate surface area is 171 Å². The largest absolute Gasteiger partial charge is 0.338 e. The first-order valence-corrected chi connectivity index (χ1v) is 10.4. The summed E-state index contributed by atoms with van der Waals surface area (Å²) in [5.74, 6) is -0.00728. The summed E-state index contributed by atoms with van der Waals surface area (Å²) in [6, 6.07) is 14.2. The smallest absolute Gasteiger partial charge is 0.261 e. The van der Waals surface area contributed by atoms with Crippen molar-refractivity contribution in [2.24, 2.45) is 0 Å². The number of aryl methyl sites for hydroxylation is 2. The van der Waals surface area contributed by atoms with E-state index in [1.54, 1.807) is 6.07 Å². The van der Waals surface area contributed by atoms with E-state index >= 15 is 0 Å². The fraction of sp³-hybridized carbons (Fsp3) is 0.375. The Kier molecular flexibility index (Phi) is 5.47. The van der Waals surface area contributed by atoms with Gasteiger partial charge in [-0.3, -0.25) is 14.2 Å². The van der Waals surface area contributed by atoms with Crippen LogP contribution in [0.25, 0.3) is 10.9 Å². The molecule has 2 aromatic carbocycles. The molecule has 1 aliphatic carbocycles. The lowest BCUT2D eigenvalue weighted by Crippen LogP contribution is -2.46. The lowest BCUT2D eigenvalue weighted by molar-refractivity contribution is -0.134. The first-order chi connectivity index (χ1) is 14.1. The maximum absolute atomic E-state index is 13.2. The molecule has 4 rings (SSSR count). The number of carbonyl (C=O) groups excluding carboxylic acids is 1. The number of hydrogen-bond acceptors (Lipinski definition) is 3. The molecule has 5 heteroatoms. The monoisotopic (exact) mass is 389 g/mol. The topological polar surface area (TPSA) is 55.2 Å². The number of hydrogen-bond donors (Lipinski definition) is 0. The van der Waals surface area contributed by atoms with Gasteiger partial charge in [0.05, 0.1) is 17.2 Å². The Morgan fingerprint density at radius 2 is 1.97 bits per heavy atom. The van der Waals surface area contributed by atoms with Crippen molar-refractivity contribution in [1.29, 1.82) is 0 Å². The zero-order valence-electron chi connectivity index (χ0n) is 17.1. The van der Waals surface area contributed by atoms with Gasteiger partial charge in [0, 0.05) is 12.6 Å². The molecule has 3 aromatic rings. The summed E-state index contributed by atoms with van der Waals surface area (Å²) >= 11 is 0.